The highest BCUT2D eigenvalue weighted by Gasteiger charge is 2.20. The number of hydrogen-bond donors (Lipinski definition) is 1. The molecule has 0 aliphatic heterocycles. The smallest absolute Gasteiger partial charge is 0.282 e. The Morgan fingerprint density at radius 3 is 2.59 bits per heavy atom. The highest BCUT2D eigenvalue weighted by Crippen LogP contribution is 2.24. The standard InChI is InChI=1S/C20H24N2O4S/c1-3-4-13-26-16-7-5-15(6-8-16)11-12-21-20(23)18-14-17(27-2)9-10-19(18)22(24)25/h5-10,14H,3-4,11-13H2,1-2H3,(H,21,23). The summed E-state index contributed by atoms with van der Waals surface area (Å²) in [4.78, 5) is 23.8. The van der Waals surface area contributed by atoms with Gasteiger partial charge in [-0.15, -0.1) is 11.8 Å². The molecule has 7 heteroatoms. The molecule has 0 aromatic heterocycles. The van der Waals surface area contributed by atoms with Gasteiger partial charge in [-0.25, -0.2) is 0 Å². The minimum atomic E-state index is -0.531. The number of carbonyl (C=O) groups excluding carboxylic acids is 1. The molecule has 0 aliphatic rings. The summed E-state index contributed by atoms with van der Waals surface area (Å²) in [5.74, 6) is 0.401. The maximum absolute atomic E-state index is 12.4. The quantitative estimate of drug-likeness (QED) is 0.281. The van der Waals surface area contributed by atoms with E-state index >= 15 is 0 Å². The number of nitro benzene ring substituents is 1. The molecule has 6 nitrogen and oxygen atoms in total. The van der Waals surface area contributed by atoms with Crippen molar-refractivity contribution >= 4 is 23.4 Å². The third kappa shape index (κ3) is 6.29. The van der Waals surface area contributed by atoms with E-state index < -0.39 is 10.8 Å². The Bertz CT molecular complexity index is 778. The number of unbranched alkanes of at least 4 members (excludes halogenated alkanes) is 1. The van der Waals surface area contributed by atoms with E-state index in [9.17, 15) is 14.9 Å². The molecule has 0 fully saturated rings. The molecule has 2 aromatic rings. The molecule has 0 saturated carbocycles. The van der Waals surface area contributed by atoms with Crippen molar-refractivity contribution < 1.29 is 14.5 Å². The van der Waals surface area contributed by atoms with Gasteiger partial charge in [-0.05, 0) is 48.9 Å². The SMILES string of the molecule is CCCCOc1ccc(CCNC(=O)c2cc(SC)ccc2[N+](=O)[O-])cc1. The molecule has 144 valence electrons. The Morgan fingerprint density at radius 2 is 1.96 bits per heavy atom. The topological polar surface area (TPSA) is 81.5 Å². The molecule has 0 atom stereocenters. The van der Waals surface area contributed by atoms with E-state index in [4.69, 9.17) is 4.74 Å². The average Bonchev–Trinajstić information content (AvgIpc) is 2.68. The normalized spacial score (nSPS) is 10.4. The lowest BCUT2D eigenvalue weighted by Gasteiger charge is -2.08. The van der Waals surface area contributed by atoms with E-state index in [1.807, 2.05) is 30.5 Å². The molecule has 0 heterocycles. The van der Waals surface area contributed by atoms with Crippen LogP contribution in [0.3, 0.4) is 0 Å². The zero-order chi connectivity index (χ0) is 19.6. The van der Waals surface area contributed by atoms with Gasteiger partial charge in [0.05, 0.1) is 11.5 Å². The van der Waals surface area contributed by atoms with E-state index in [2.05, 4.69) is 12.2 Å². The van der Waals surface area contributed by atoms with Gasteiger partial charge < -0.3 is 10.1 Å². The summed E-state index contributed by atoms with van der Waals surface area (Å²) in [6.45, 7) is 3.22. The Labute approximate surface area is 163 Å². The average molecular weight is 388 g/mol. The molecule has 2 rings (SSSR count). The maximum Gasteiger partial charge on any atom is 0.282 e. The Hall–Kier alpha value is -2.54. The third-order valence-corrected chi connectivity index (χ3v) is 4.76. The first kappa shape index (κ1) is 20.8. The van der Waals surface area contributed by atoms with Gasteiger partial charge in [0.2, 0.25) is 0 Å². The molecule has 0 aliphatic carbocycles. The highest BCUT2D eigenvalue weighted by molar-refractivity contribution is 7.98. The third-order valence-electron chi connectivity index (χ3n) is 4.03. The molecule has 2 aromatic carbocycles. The van der Waals surface area contributed by atoms with Gasteiger partial charge in [0, 0.05) is 17.5 Å². The lowest BCUT2D eigenvalue weighted by molar-refractivity contribution is -0.385. The van der Waals surface area contributed by atoms with E-state index in [0.717, 1.165) is 29.1 Å². The molecule has 0 bridgehead atoms. The van der Waals surface area contributed by atoms with Crippen molar-refractivity contribution in [2.45, 2.75) is 31.1 Å². The van der Waals surface area contributed by atoms with Crippen LogP contribution in [0, 0.1) is 10.1 Å². The second kappa shape index (κ2) is 10.6. The number of thioether (sulfide) groups is 1. The summed E-state index contributed by atoms with van der Waals surface area (Å²) in [7, 11) is 0. The monoisotopic (exact) mass is 388 g/mol. The van der Waals surface area contributed by atoms with Gasteiger partial charge in [-0.3, -0.25) is 14.9 Å². The van der Waals surface area contributed by atoms with Crippen molar-refractivity contribution in [3.8, 4) is 5.75 Å². The zero-order valence-corrected chi connectivity index (χ0v) is 16.4. The number of nitrogens with zero attached hydrogens (tertiary/aromatic N) is 1. The summed E-state index contributed by atoms with van der Waals surface area (Å²) < 4.78 is 5.62. The van der Waals surface area contributed by atoms with Crippen LogP contribution in [0.2, 0.25) is 0 Å². The summed E-state index contributed by atoms with van der Waals surface area (Å²) in [5, 5.41) is 13.9. The Kier molecular flexibility index (Phi) is 8.13. The second-order valence-corrected chi connectivity index (χ2v) is 6.87. The second-order valence-electron chi connectivity index (χ2n) is 5.99. The van der Waals surface area contributed by atoms with Crippen molar-refractivity contribution in [1.82, 2.24) is 5.32 Å². The number of nitro groups is 1. The van der Waals surface area contributed by atoms with Gasteiger partial charge >= 0.3 is 0 Å². The van der Waals surface area contributed by atoms with E-state index in [0.29, 0.717) is 19.6 Å². The first-order chi connectivity index (χ1) is 13.0. The van der Waals surface area contributed by atoms with Crippen molar-refractivity contribution in [3.63, 3.8) is 0 Å². The predicted molar refractivity (Wildman–Crippen MR) is 108 cm³/mol. The minimum absolute atomic E-state index is 0.0894. The number of amides is 1. The van der Waals surface area contributed by atoms with Gasteiger partial charge in [0.15, 0.2) is 0 Å². The number of hydrogen-bond acceptors (Lipinski definition) is 5. The Balaban J connectivity index is 1.91. The Morgan fingerprint density at radius 1 is 1.22 bits per heavy atom. The van der Waals surface area contributed by atoms with Crippen LogP contribution in [-0.2, 0) is 6.42 Å². The fourth-order valence-corrected chi connectivity index (χ4v) is 2.93. The summed E-state index contributed by atoms with van der Waals surface area (Å²) in [6, 6.07) is 12.3. The van der Waals surface area contributed by atoms with Gasteiger partial charge in [-0.1, -0.05) is 25.5 Å². The van der Waals surface area contributed by atoms with Crippen molar-refractivity contribution in [3.05, 3.63) is 63.7 Å². The summed E-state index contributed by atoms with van der Waals surface area (Å²) in [6.07, 6.45) is 4.61. The molecule has 1 amide bonds. The van der Waals surface area contributed by atoms with E-state index in [1.54, 1.807) is 12.1 Å². The lowest BCUT2D eigenvalue weighted by Crippen LogP contribution is -2.26. The minimum Gasteiger partial charge on any atom is -0.494 e. The molecule has 27 heavy (non-hydrogen) atoms. The van der Waals surface area contributed by atoms with Crippen LogP contribution in [-0.4, -0.2) is 30.2 Å². The number of ether oxygens (including phenoxy) is 1. The van der Waals surface area contributed by atoms with Crippen LogP contribution in [0.4, 0.5) is 5.69 Å². The first-order valence-corrected chi connectivity index (χ1v) is 10.1. The summed E-state index contributed by atoms with van der Waals surface area (Å²) >= 11 is 1.44. The van der Waals surface area contributed by atoms with Gasteiger partial charge in [0.25, 0.3) is 11.6 Å². The predicted octanol–water partition coefficient (Wildman–Crippen LogP) is 4.47. The molecule has 0 unspecified atom stereocenters. The molecular weight excluding hydrogens is 364 g/mol. The molecule has 0 radical (unpaired) electrons. The molecule has 0 spiro atoms. The van der Waals surface area contributed by atoms with Crippen molar-refractivity contribution in [2.75, 3.05) is 19.4 Å². The van der Waals surface area contributed by atoms with Crippen LogP contribution < -0.4 is 10.1 Å². The molecule has 0 saturated heterocycles. The van der Waals surface area contributed by atoms with Crippen LogP contribution in [0.25, 0.3) is 0 Å². The maximum atomic E-state index is 12.4. The van der Waals surface area contributed by atoms with E-state index in [-0.39, 0.29) is 11.3 Å². The van der Waals surface area contributed by atoms with Crippen molar-refractivity contribution in [2.24, 2.45) is 0 Å². The number of benzene rings is 2. The number of nitrogens with one attached hydrogen (secondary N) is 1. The van der Waals surface area contributed by atoms with Crippen molar-refractivity contribution in [1.29, 1.82) is 0 Å². The van der Waals surface area contributed by atoms with Gasteiger partial charge in [0.1, 0.15) is 11.3 Å². The largest absolute Gasteiger partial charge is 0.494 e. The summed E-state index contributed by atoms with van der Waals surface area (Å²) in [5.41, 5.74) is 0.968. The fourth-order valence-electron chi connectivity index (χ4n) is 2.49. The highest BCUT2D eigenvalue weighted by atomic mass is 32.2. The molecule has 1 N–H and O–H groups in total. The van der Waals surface area contributed by atoms with Gasteiger partial charge in [-0.2, -0.15) is 0 Å². The fraction of sp³-hybridized carbons (Fsp3) is 0.350. The first-order valence-electron chi connectivity index (χ1n) is 8.87. The van der Waals surface area contributed by atoms with Crippen LogP contribution >= 0.6 is 11.8 Å². The van der Waals surface area contributed by atoms with E-state index in [1.165, 1.54) is 17.8 Å². The van der Waals surface area contributed by atoms with Crippen LogP contribution in [0.1, 0.15) is 35.7 Å². The van der Waals surface area contributed by atoms with Crippen LogP contribution in [0.15, 0.2) is 47.4 Å². The molecular formula is C20H24N2O4S. The number of rotatable bonds is 10. The lowest BCUT2D eigenvalue weighted by atomic mass is 10.1. The zero-order valence-electron chi connectivity index (χ0n) is 15.6. The number of carbonyl (C=O) groups is 1. The van der Waals surface area contributed by atoms with Crippen LogP contribution in [0.5, 0.6) is 5.75 Å².